The Balaban J connectivity index is 1.62. The first-order valence-corrected chi connectivity index (χ1v) is 13.3. The van der Waals surface area contributed by atoms with Crippen molar-refractivity contribution in [2.24, 2.45) is 0 Å². The molecule has 4 rings (SSSR count). The van der Waals surface area contributed by atoms with Crippen LogP contribution in [0.5, 0.6) is 0 Å². The van der Waals surface area contributed by atoms with Crippen LogP contribution >= 0.6 is 23.1 Å². The molecule has 2 aromatic heterocycles. The van der Waals surface area contributed by atoms with Crippen LogP contribution < -0.4 is 5.56 Å². The Morgan fingerprint density at radius 3 is 2.70 bits per heavy atom. The molecule has 0 radical (unpaired) electrons. The predicted octanol–water partition coefficient (Wildman–Crippen LogP) is 5.19. The summed E-state index contributed by atoms with van der Waals surface area (Å²) < 4.78 is 1.85. The lowest BCUT2D eigenvalue weighted by molar-refractivity contribution is -0.129. The lowest BCUT2D eigenvalue weighted by atomic mass is 9.94. The summed E-state index contributed by atoms with van der Waals surface area (Å²) in [4.78, 5) is 35.5. The van der Waals surface area contributed by atoms with Crippen LogP contribution in [0.2, 0.25) is 0 Å². The zero-order valence-electron chi connectivity index (χ0n) is 18.4. The molecule has 30 heavy (non-hydrogen) atoms. The number of hydrogen-bond donors (Lipinski definition) is 0. The van der Waals surface area contributed by atoms with E-state index < -0.39 is 0 Å². The third-order valence-electron chi connectivity index (χ3n) is 6.86. The van der Waals surface area contributed by atoms with E-state index in [2.05, 4.69) is 13.8 Å². The first-order valence-electron chi connectivity index (χ1n) is 11.5. The van der Waals surface area contributed by atoms with Crippen LogP contribution in [-0.4, -0.2) is 39.2 Å². The van der Waals surface area contributed by atoms with Gasteiger partial charge in [0, 0.05) is 24.0 Å². The summed E-state index contributed by atoms with van der Waals surface area (Å²) in [6.07, 6.45) is 11.2. The van der Waals surface area contributed by atoms with Gasteiger partial charge in [0.1, 0.15) is 4.83 Å². The van der Waals surface area contributed by atoms with Crippen molar-refractivity contribution in [2.45, 2.75) is 95.3 Å². The van der Waals surface area contributed by atoms with Gasteiger partial charge in [-0.05, 0) is 57.4 Å². The van der Waals surface area contributed by atoms with Gasteiger partial charge in [-0.15, -0.1) is 11.3 Å². The minimum atomic E-state index is 0.0715. The average Bonchev–Trinajstić information content (AvgIpc) is 3.15. The summed E-state index contributed by atoms with van der Waals surface area (Å²) in [5.41, 5.74) is 1.32. The molecule has 0 aromatic carbocycles. The molecule has 1 saturated carbocycles. The Morgan fingerprint density at radius 2 is 1.97 bits per heavy atom. The molecule has 1 amide bonds. The summed E-state index contributed by atoms with van der Waals surface area (Å²) in [7, 11) is 1.94. The second-order valence-electron chi connectivity index (χ2n) is 8.80. The maximum absolute atomic E-state index is 13.5. The molecule has 2 aromatic rings. The van der Waals surface area contributed by atoms with Crippen molar-refractivity contribution >= 4 is 39.2 Å². The number of thioether (sulfide) groups is 1. The number of aromatic nitrogens is 2. The van der Waals surface area contributed by atoms with Crippen LogP contribution in [0.4, 0.5) is 0 Å². The first-order chi connectivity index (χ1) is 14.5. The summed E-state index contributed by atoms with van der Waals surface area (Å²) in [6, 6.07) is 0.435. The lowest BCUT2D eigenvalue weighted by Crippen LogP contribution is -2.39. The summed E-state index contributed by atoms with van der Waals surface area (Å²) in [5, 5.41) is 1.54. The van der Waals surface area contributed by atoms with Gasteiger partial charge in [0.05, 0.1) is 11.1 Å². The minimum absolute atomic E-state index is 0.0715. The third-order valence-corrected chi connectivity index (χ3v) is 8.98. The highest BCUT2D eigenvalue weighted by molar-refractivity contribution is 7.99. The summed E-state index contributed by atoms with van der Waals surface area (Å²) >= 11 is 3.12. The molecular formula is C23H33N3O2S2. The Hall–Kier alpha value is -1.34. The summed E-state index contributed by atoms with van der Waals surface area (Å²) in [6.45, 7) is 4.18. The largest absolute Gasteiger partial charge is 0.342 e. The molecule has 2 aliphatic carbocycles. The Bertz CT molecular complexity index is 975. The van der Waals surface area contributed by atoms with E-state index >= 15 is 0 Å². The van der Waals surface area contributed by atoms with Gasteiger partial charge in [-0.1, -0.05) is 37.9 Å². The number of carbonyl (C=O) groups excluding carboxylic acids is 1. The first kappa shape index (κ1) is 21.9. The van der Waals surface area contributed by atoms with E-state index in [0.29, 0.717) is 17.0 Å². The number of rotatable bonds is 6. The van der Waals surface area contributed by atoms with E-state index in [1.165, 1.54) is 47.9 Å². The third kappa shape index (κ3) is 4.20. The molecule has 2 heterocycles. The van der Waals surface area contributed by atoms with Gasteiger partial charge < -0.3 is 4.90 Å². The fourth-order valence-corrected chi connectivity index (χ4v) is 7.10. The van der Waals surface area contributed by atoms with E-state index in [0.717, 1.165) is 48.7 Å². The zero-order chi connectivity index (χ0) is 21.3. The van der Waals surface area contributed by atoms with Gasteiger partial charge in [-0.25, -0.2) is 4.98 Å². The molecule has 1 atom stereocenters. The van der Waals surface area contributed by atoms with Gasteiger partial charge in [0.15, 0.2) is 5.16 Å². The lowest BCUT2D eigenvalue weighted by Gasteiger charge is -2.31. The zero-order valence-corrected chi connectivity index (χ0v) is 20.0. The molecule has 0 bridgehead atoms. The molecule has 164 valence electrons. The van der Waals surface area contributed by atoms with Gasteiger partial charge in [0.25, 0.3) is 5.56 Å². The van der Waals surface area contributed by atoms with Crippen LogP contribution in [0.15, 0.2) is 9.95 Å². The number of fused-ring (bicyclic) bond motifs is 3. The van der Waals surface area contributed by atoms with Gasteiger partial charge in [-0.2, -0.15) is 0 Å². The van der Waals surface area contributed by atoms with Gasteiger partial charge >= 0.3 is 0 Å². The van der Waals surface area contributed by atoms with E-state index in [1.807, 2.05) is 16.5 Å². The molecule has 2 aliphatic rings. The van der Waals surface area contributed by atoms with E-state index in [4.69, 9.17) is 4.98 Å². The molecule has 0 aliphatic heterocycles. The van der Waals surface area contributed by atoms with Crippen molar-refractivity contribution < 1.29 is 4.79 Å². The van der Waals surface area contributed by atoms with Crippen molar-refractivity contribution in [1.82, 2.24) is 14.5 Å². The van der Waals surface area contributed by atoms with Gasteiger partial charge in [0.2, 0.25) is 5.91 Å². The molecule has 7 heteroatoms. The van der Waals surface area contributed by atoms with Crippen LogP contribution in [0.3, 0.4) is 0 Å². The van der Waals surface area contributed by atoms with E-state index in [1.54, 1.807) is 11.3 Å². The van der Waals surface area contributed by atoms with Crippen LogP contribution in [0.25, 0.3) is 10.2 Å². The van der Waals surface area contributed by atoms with Crippen molar-refractivity contribution in [1.29, 1.82) is 0 Å². The smallest absolute Gasteiger partial charge is 0.263 e. The van der Waals surface area contributed by atoms with Crippen molar-refractivity contribution in [3.8, 4) is 0 Å². The number of carbonyl (C=O) groups is 1. The predicted molar refractivity (Wildman–Crippen MR) is 126 cm³/mol. The Kier molecular flexibility index (Phi) is 6.88. The van der Waals surface area contributed by atoms with Crippen LogP contribution in [0.1, 0.15) is 81.7 Å². The Morgan fingerprint density at radius 1 is 1.23 bits per heavy atom. The van der Waals surface area contributed by atoms with E-state index in [-0.39, 0.29) is 17.5 Å². The number of nitrogens with zero attached hydrogens (tertiary/aromatic N) is 3. The maximum atomic E-state index is 13.5. The number of hydrogen-bond acceptors (Lipinski definition) is 5. The summed E-state index contributed by atoms with van der Waals surface area (Å²) in [5.74, 6) is 0.481. The fraction of sp³-hybridized carbons (Fsp3) is 0.696. The highest BCUT2D eigenvalue weighted by Crippen LogP contribution is 2.35. The standard InChI is InChI=1S/C23H33N3O2S2/c1-4-15(2)26-22(28)20-17-12-8-9-13-18(17)30-21(20)24-23(26)29-14-19(27)25(3)16-10-6-5-7-11-16/h15-16H,4-14H2,1-3H3/t15-/m0/s1. The number of thiophene rings is 1. The molecule has 0 saturated heterocycles. The maximum Gasteiger partial charge on any atom is 0.263 e. The van der Waals surface area contributed by atoms with Crippen molar-refractivity contribution in [3.63, 3.8) is 0 Å². The van der Waals surface area contributed by atoms with E-state index in [9.17, 15) is 9.59 Å². The fourth-order valence-electron chi connectivity index (χ4n) is 4.77. The SMILES string of the molecule is CC[C@H](C)n1c(SCC(=O)N(C)C2CCCCC2)nc2sc3c(c2c1=O)CCCC3. The van der Waals surface area contributed by atoms with Crippen LogP contribution in [-0.2, 0) is 17.6 Å². The molecular weight excluding hydrogens is 414 g/mol. The number of aryl methyl sites for hydroxylation is 2. The molecule has 0 unspecified atom stereocenters. The Labute approximate surface area is 187 Å². The molecule has 0 spiro atoms. The van der Waals surface area contributed by atoms with Crippen molar-refractivity contribution in [2.75, 3.05) is 12.8 Å². The monoisotopic (exact) mass is 447 g/mol. The topological polar surface area (TPSA) is 55.2 Å². The quantitative estimate of drug-likeness (QED) is 0.452. The normalized spacial score (nSPS) is 18.4. The second-order valence-corrected chi connectivity index (χ2v) is 10.8. The molecule has 0 N–H and O–H groups in total. The minimum Gasteiger partial charge on any atom is -0.342 e. The highest BCUT2D eigenvalue weighted by atomic mass is 32.2. The second kappa shape index (κ2) is 9.43. The highest BCUT2D eigenvalue weighted by Gasteiger charge is 2.26. The molecule has 1 fully saturated rings. The number of amides is 1. The molecule has 5 nitrogen and oxygen atoms in total. The van der Waals surface area contributed by atoms with Crippen LogP contribution in [0, 0.1) is 0 Å². The van der Waals surface area contributed by atoms with Gasteiger partial charge in [-0.3, -0.25) is 14.2 Å². The van der Waals surface area contributed by atoms with Crippen molar-refractivity contribution in [3.05, 3.63) is 20.8 Å². The average molecular weight is 448 g/mol.